The van der Waals surface area contributed by atoms with Crippen molar-refractivity contribution in [1.29, 1.82) is 0 Å². The fourth-order valence-electron chi connectivity index (χ4n) is 3.47. The first-order valence-corrected chi connectivity index (χ1v) is 7.70. The summed E-state index contributed by atoms with van der Waals surface area (Å²) >= 11 is 0. The lowest BCUT2D eigenvalue weighted by Gasteiger charge is -2.15. The zero-order valence-electron chi connectivity index (χ0n) is 11.9. The number of nitrogens with one attached hydrogen (secondary N) is 1. The fraction of sp³-hybridized carbons (Fsp3) is 0.412. The second kappa shape index (κ2) is 5.02. The minimum absolute atomic E-state index is 0.0775. The number of fused-ring (bicyclic) bond motifs is 3. The molecule has 1 fully saturated rings. The van der Waals surface area contributed by atoms with Crippen LogP contribution in [0.2, 0.25) is 0 Å². The van der Waals surface area contributed by atoms with E-state index >= 15 is 0 Å². The third-order valence-electron chi connectivity index (χ3n) is 4.60. The Balaban J connectivity index is 1.64. The quantitative estimate of drug-likeness (QED) is 0.920. The number of benzene rings is 1. The Morgan fingerprint density at radius 3 is 2.86 bits per heavy atom. The van der Waals surface area contributed by atoms with Crippen LogP contribution in [0.5, 0.6) is 0 Å². The topological polar surface area (TPSA) is 55.1 Å². The molecule has 0 unspecified atom stereocenters. The van der Waals surface area contributed by atoms with Gasteiger partial charge in [-0.2, -0.15) is 0 Å². The minimum atomic E-state index is -0.0775. The zero-order chi connectivity index (χ0) is 14.2. The monoisotopic (exact) mass is 282 g/mol. The highest BCUT2D eigenvalue weighted by atomic mass is 16.5. The molecule has 0 atom stereocenters. The lowest BCUT2D eigenvalue weighted by Crippen LogP contribution is -2.33. The Morgan fingerprint density at radius 1 is 1.19 bits per heavy atom. The van der Waals surface area contributed by atoms with Crippen LogP contribution in [-0.2, 0) is 12.8 Å². The van der Waals surface area contributed by atoms with Crippen molar-refractivity contribution in [3.63, 3.8) is 0 Å². The summed E-state index contributed by atoms with van der Waals surface area (Å²) in [6, 6.07) is 8.49. The van der Waals surface area contributed by atoms with Crippen molar-refractivity contribution in [2.45, 2.75) is 44.6 Å². The van der Waals surface area contributed by atoms with Gasteiger partial charge in [0.25, 0.3) is 5.91 Å². The molecule has 1 aromatic carbocycles. The van der Waals surface area contributed by atoms with Gasteiger partial charge in [0.15, 0.2) is 11.5 Å². The molecule has 1 aromatic heterocycles. The standard InChI is InChI=1S/C17H18N2O2/c20-17(18-12-6-2-3-7-12)15-14-10-9-11-5-1-4-8-13(11)16(14)21-19-15/h1,4-5,8,12H,2-3,6-7,9-10H2,(H,18,20). The maximum Gasteiger partial charge on any atom is 0.273 e. The van der Waals surface area contributed by atoms with E-state index in [0.717, 1.165) is 42.6 Å². The maximum atomic E-state index is 12.4. The third kappa shape index (κ3) is 2.15. The van der Waals surface area contributed by atoms with Crippen LogP contribution in [0.1, 0.15) is 47.3 Å². The minimum Gasteiger partial charge on any atom is -0.355 e. The highest BCUT2D eigenvalue weighted by Crippen LogP contribution is 2.35. The SMILES string of the molecule is O=C(NC1CCCC1)c1noc2c1CCc1ccccc1-2. The zero-order valence-corrected chi connectivity index (χ0v) is 11.9. The molecule has 1 N–H and O–H groups in total. The number of amides is 1. The van der Waals surface area contributed by atoms with Gasteiger partial charge in [-0.3, -0.25) is 4.79 Å². The predicted octanol–water partition coefficient (Wildman–Crippen LogP) is 3.11. The molecule has 0 spiro atoms. The Kier molecular flexibility index (Phi) is 3.02. The summed E-state index contributed by atoms with van der Waals surface area (Å²) in [5.41, 5.74) is 3.78. The van der Waals surface area contributed by atoms with Gasteiger partial charge in [0.2, 0.25) is 0 Å². The van der Waals surface area contributed by atoms with Gasteiger partial charge in [0.1, 0.15) is 0 Å². The molecule has 2 aliphatic carbocycles. The van der Waals surface area contributed by atoms with E-state index in [4.69, 9.17) is 4.52 Å². The second-order valence-corrected chi connectivity index (χ2v) is 5.95. The first-order valence-electron chi connectivity index (χ1n) is 7.70. The van der Waals surface area contributed by atoms with Gasteiger partial charge < -0.3 is 9.84 Å². The molecule has 4 rings (SSSR count). The molecule has 0 bridgehead atoms. The largest absolute Gasteiger partial charge is 0.355 e. The smallest absolute Gasteiger partial charge is 0.273 e. The van der Waals surface area contributed by atoms with Crippen LogP contribution in [0.4, 0.5) is 0 Å². The van der Waals surface area contributed by atoms with Gasteiger partial charge in [0, 0.05) is 17.2 Å². The summed E-state index contributed by atoms with van der Waals surface area (Å²) < 4.78 is 5.49. The van der Waals surface area contributed by atoms with E-state index in [-0.39, 0.29) is 5.91 Å². The number of nitrogens with zero attached hydrogens (tertiary/aromatic N) is 1. The molecule has 2 aromatic rings. The van der Waals surface area contributed by atoms with Crippen LogP contribution >= 0.6 is 0 Å². The molecule has 21 heavy (non-hydrogen) atoms. The van der Waals surface area contributed by atoms with Crippen molar-refractivity contribution in [2.75, 3.05) is 0 Å². The molecule has 108 valence electrons. The number of rotatable bonds is 2. The predicted molar refractivity (Wildman–Crippen MR) is 79.1 cm³/mol. The number of hydrogen-bond acceptors (Lipinski definition) is 3. The lowest BCUT2D eigenvalue weighted by molar-refractivity contribution is 0.0928. The van der Waals surface area contributed by atoms with E-state index in [2.05, 4.69) is 16.5 Å². The average Bonchev–Trinajstić information content (AvgIpc) is 3.15. The number of aromatic nitrogens is 1. The number of aryl methyl sites for hydroxylation is 1. The van der Waals surface area contributed by atoms with Crippen LogP contribution in [0, 0.1) is 0 Å². The summed E-state index contributed by atoms with van der Waals surface area (Å²) in [6.45, 7) is 0. The van der Waals surface area contributed by atoms with E-state index < -0.39 is 0 Å². The normalized spacial score (nSPS) is 17.3. The van der Waals surface area contributed by atoms with Crippen LogP contribution in [0.3, 0.4) is 0 Å². The first kappa shape index (κ1) is 12.6. The molecule has 0 aliphatic heterocycles. The van der Waals surface area contributed by atoms with E-state index in [1.54, 1.807) is 0 Å². The third-order valence-corrected chi connectivity index (χ3v) is 4.60. The van der Waals surface area contributed by atoms with Gasteiger partial charge >= 0.3 is 0 Å². The van der Waals surface area contributed by atoms with Crippen LogP contribution in [0.15, 0.2) is 28.8 Å². The Hall–Kier alpha value is -2.10. The van der Waals surface area contributed by atoms with Crippen molar-refractivity contribution < 1.29 is 9.32 Å². The highest BCUT2D eigenvalue weighted by molar-refractivity contribution is 5.95. The number of carbonyl (C=O) groups excluding carboxylic acids is 1. The van der Waals surface area contributed by atoms with E-state index in [1.165, 1.54) is 18.4 Å². The van der Waals surface area contributed by atoms with Gasteiger partial charge in [-0.25, -0.2) is 0 Å². The summed E-state index contributed by atoms with van der Waals surface area (Å²) in [7, 11) is 0. The number of hydrogen-bond donors (Lipinski definition) is 1. The van der Waals surface area contributed by atoms with E-state index in [0.29, 0.717) is 11.7 Å². The first-order chi connectivity index (χ1) is 10.3. The molecule has 4 nitrogen and oxygen atoms in total. The molecule has 4 heteroatoms. The number of carbonyl (C=O) groups is 1. The average molecular weight is 282 g/mol. The van der Waals surface area contributed by atoms with Crippen LogP contribution in [0.25, 0.3) is 11.3 Å². The summed E-state index contributed by atoms with van der Waals surface area (Å²) in [4.78, 5) is 12.4. The van der Waals surface area contributed by atoms with Crippen molar-refractivity contribution >= 4 is 5.91 Å². The Labute approximate surface area is 123 Å². The van der Waals surface area contributed by atoms with Gasteiger partial charge in [-0.05, 0) is 31.2 Å². The van der Waals surface area contributed by atoms with E-state index in [9.17, 15) is 4.79 Å². The maximum absolute atomic E-state index is 12.4. The van der Waals surface area contributed by atoms with E-state index in [1.807, 2.05) is 18.2 Å². The summed E-state index contributed by atoms with van der Waals surface area (Å²) in [6.07, 6.45) is 6.32. The summed E-state index contributed by atoms with van der Waals surface area (Å²) in [5.74, 6) is 0.694. The highest BCUT2D eigenvalue weighted by Gasteiger charge is 2.28. The molecule has 1 amide bonds. The molecule has 2 aliphatic rings. The van der Waals surface area contributed by atoms with Gasteiger partial charge in [-0.1, -0.05) is 42.3 Å². The van der Waals surface area contributed by atoms with Gasteiger partial charge in [0.05, 0.1) is 0 Å². The molecule has 0 saturated heterocycles. The van der Waals surface area contributed by atoms with Gasteiger partial charge in [-0.15, -0.1) is 0 Å². The molecular formula is C17H18N2O2. The van der Waals surface area contributed by atoms with Crippen LogP contribution in [-0.4, -0.2) is 17.1 Å². The van der Waals surface area contributed by atoms with Crippen molar-refractivity contribution in [3.05, 3.63) is 41.1 Å². The van der Waals surface area contributed by atoms with Crippen molar-refractivity contribution in [1.82, 2.24) is 10.5 Å². The Morgan fingerprint density at radius 2 is 2.00 bits per heavy atom. The summed E-state index contributed by atoms with van der Waals surface area (Å²) in [5, 5.41) is 7.15. The van der Waals surface area contributed by atoms with Crippen LogP contribution < -0.4 is 5.32 Å². The molecular weight excluding hydrogens is 264 g/mol. The molecule has 0 radical (unpaired) electrons. The van der Waals surface area contributed by atoms with Crippen molar-refractivity contribution in [3.8, 4) is 11.3 Å². The lowest BCUT2D eigenvalue weighted by atomic mass is 9.89. The molecule has 1 saturated carbocycles. The second-order valence-electron chi connectivity index (χ2n) is 5.95. The van der Waals surface area contributed by atoms with Crippen molar-refractivity contribution in [2.24, 2.45) is 0 Å². The Bertz CT molecular complexity index is 684. The molecule has 1 heterocycles. The fourth-order valence-corrected chi connectivity index (χ4v) is 3.47.